The van der Waals surface area contributed by atoms with Gasteiger partial charge >= 0.3 is 5.97 Å². The van der Waals surface area contributed by atoms with Gasteiger partial charge in [-0.25, -0.2) is 9.18 Å². The van der Waals surface area contributed by atoms with Crippen molar-refractivity contribution in [1.82, 2.24) is 4.98 Å². The molecule has 1 aromatic carbocycles. The van der Waals surface area contributed by atoms with Crippen LogP contribution in [-0.2, 0) is 17.6 Å². The molecule has 0 aliphatic carbocycles. The molecule has 0 atom stereocenters. The molecule has 0 spiro atoms. The number of nitrogens with one attached hydrogen (secondary N) is 1. The summed E-state index contributed by atoms with van der Waals surface area (Å²) >= 11 is 5.97. The quantitative estimate of drug-likeness (QED) is 0.853. The second-order valence-corrected chi connectivity index (χ2v) is 4.79. The Balaban J connectivity index is 1.99. The third-order valence-corrected chi connectivity index (χ3v) is 3.29. The van der Waals surface area contributed by atoms with E-state index in [9.17, 15) is 9.18 Å². The predicted octanol–water partition coefficient (Wildman–Crippen LogP) is 3.77. The van der Waals surface area contributed by atoms with Gasteiger partial charge in [-0.1, -0.05) is 17.7 Å². The van der Waals surface area contributed by atoms with Crippen molar-refractivity contribution in [2.75, 3.05) is 6.61 Å². The number of rotatable bonds is 5. The van der Waals surface area contributed by atoms with Crippen molar-refractivity contribution in [3.05, 3.63) is 58.1 Å². The van der Waals surface area contributed by atoms with Gasteiger partial charge in [-0.15, -0.1) is 0 Å². The summed E-state index contributed by atoms with van der Waals surface area (Å²) < 4.78 is 17.8. The van der Waals surface area contributed by atoms with Crippen LogP contribution in [0.2, 0.25) is 5.02 Å². The zero-order valence-corrected chi connectivity index (χ0v) is 11.8. The second kappa shape index (κ2) is 6.57. The first-order chi connectivity index (χ1) is 9.60. The molecule has 0 bridgehead atoms. The van der Waals surface area contributed by atoms with Gasteiger partial charge in [0, 0.05) is 11.2 Å². The van der Waals surface area contributed by atoms with E-state index in [1.807, 2.05) is 0 Å². The smallest absolute Gasteiger partial charge is 0.354 e. The number of H-pyrrole nitrogens is 1. The predicted molar refractivity (Wildman–Crippen MR) is 75.6 cm³/mol. The number of aryl methyl sites for hydroxylation is 2. The Morgan fingerprint density at radius 2 is 2.15 bits per heavy atom. The fourth-order valence-corrected chi connectivity index (χ4v) is 2.18. The van der Waals surface area contributed by atoms with E-state index < -0.39 is 0 Å². The Morgan fingerprint density at radius 1 is 1.35 bits per heavy atom. The third-order valence-electron chi connectivity index (χ3n) is 2.94. The lowest BCUT2D eigenvalue weighted by atomic mass is 10.1. The van der Waals surface area contributed by atoms with Gasteiger partial charge in [0.05, 0.1) is 6.61 Å². The van der Waals surface area contributed by atoms with Crippen LogP contribution in [0.25, 0.3) is 0 Å². The summed E-state index contributed by atoms with van der Waals surface area (Å²) in [6.07, 6.45) is 3.16. The Kier molecular flexibility index (Phi) is 4.79. The first-order valence-electron chi connectivity index (χ1n) is 6.38. The number of halogens is 2. The number of carbonyl (C=O) groups excluding carboxylic acids is 1. The van der Waals surface area contributed by atoms with Gasteiger partial charge in [0.15, 0.2) is 0 Å². The summed E-state index contributed by atoms with van der Waals surface area (Å²) in [5.41, 5.74) is 2.30. The van der Waals surface area contributed by atoms with Crippen LogP contribution >= 0.6 is 11.6 Å². The van der Waals surface area contributed by atoms with E-state index in [4.69, 9.17) is 16.3 Å². The molecule has 0 saturated carbocycles. The maximum absolute atomic E-state index is 12.9. The highest BCUT2D eigenvalue weighted by atomic mass is 35.5. The van der Waals surface area contributed by atoms with Gasteiger partial charge in [0.2, 0.25) is 0 Å². The lowest BCUT2D eigenvalue weighted by molar-refractivity contribution is 0.0520. The number of esters is 1. The van der Waals surface area contributed by atoms with Gasteiger partial charge in [-0.2, -0.15) is 0 Å². The van der Waals surface area contributed by atoms with Gasteiger partial charge in [-0.05, 0) is 49.1 Å². The molecular weight excluding hydrogens is 281 g/mol. The molecule has 1 aromatic heterocycles. The number of carbonyl (C=O) groups is 1. The van der Waals surface area contributed by atoms with Crippen LogP contribution in [0.15, 0.2) is 30.5 Å². The Labute approximate surface area is 121 Å². The third kappa shape index (κ3) is 3.61. The highest BCUT2D eigenvalue weighted by Gasteiger charge is 2.10. The highest BCUT2D eigenvalue weighted by Crippen LogP contribution is 2.19. The standard InChI is InChI=1S/C15H15ClFNO2/c1-2-20-15(19)14-7-10(9-18-14)3-4-11-5-6-12(17)8-13(11)16/h5-9,18H,2-4H2,1H3. The van der Waals surface area contributed by atoms with E-state index in [0.717, 1.165) is 11.1 Å². The molecule has 0 aliphatic rings. The number of ether oxygens (including phenoxy) is 1. The van der Waals surface area contributed by atoms with Crippen LogP contribution in [0.4, 0.5) is 4.39 Å². The number of aromatic amines is 1. The fraction of sp³-hybridized carbons (Fsp3) is 0.267. The van der Waals surface area contributed by atoms with Crippen molar-refractivity contribution in [3.8, 4) is 0 Å². The highest BCUT2D eigenvalue weighted by molar-refractivity contribution is 6.31. The first kappa shape index (κ1) is 14.6. The number of hydrogen-bond donors (Lipinski definition) is 1. The van der Waals surface area contributed by atoms with E-state index in [-0.39, 0.29) is 11.8 Å². The molecule has 2 aromatic rings. The SMILES string of the molecule is CCOC(=O)c1cc(CCc2ccc(F)cc2Cl)c[nH]1. The molecule has 1 heterocycles. The number of aromatic nitrogens is 1. The summed E-state index contributed by atoms with van der Waals surface area (Å²) in [6.45, 7) is 2.11. The van der Waals surface area contributed by atoms with Crippen molar-refractivity contribution in [2.45, 2.75) is 19.8 Å². The molecule has 5 heteroatoms. The van der Waals surface area contributed by atoms with E-state index in [1.54, 1.807) is 25.3 Å². The van der Waals surface area contributed by atoms with E-state index in [1.165, 1.54) is 12.1 Å². The van der Waals surface area contributed by atoms with Crippen molar-refractivity contribution in [1.29, 1.82) is 0 Å². The summed E-state index contributed by atoms with van der Waals surface area (Å²) in [5, 5.41) is 0.422. The van der Waals surface area contributed by atoms with Gasteiger partial charge in [-0.3, -0.25) is 0 Å². The number of benzene rings is 1. The maximum Gasteiger partial charge on any atom is 0.354 e. The van der Waals surface area contributed by atoms with Crippen LogP contribution in [-0.4, -0.2) is 17.6 Å². The molecule has 106 valence electrons. The second-order valence-electron chi connectivity index (χ2n) is 4.38. The van der Waals surface area contributed by atoms with Crippen molar-refractivity contribution >= 4 is 17.6 Å². The lowest BCUT2D eigenvalue weighted by Crippen LogP contribution is -2.04. The maximum atomic E-state index is 12.9. The minimum absolute atomic E-state index is 0.343. The average molecular weight is 296 g/mol. The molecule has 0 radical (unpaired) electrons. The zero-order valence-electron chi connectivity index (χ0n) is 11.1. The van der Waals surface area contributed by atoms with Gasteiger partial charge in [0.25, 0.3) is 0 Å². The minimum Gasteiger partial charge on any atom is -0.461 e. The molecule has 3 nitrogen and oxygen atoms in total. The molecule has 1 N–H and O–H groups in total. The Bertz CT molecular complexity index is 610. The van der Waals surface area contributed by atoms with E-state index >= 15 is 0 Å². The number of hydrogen-bond acceptors (Lipinski definition) is 2. The van der Waals surface area contributed by atoms with Crippen LogP contribution in [0.5, 0.6) is 0 Å². The van der Waals surface area contributed by atoms with Crippen molar-refractivity contribution in [3.63, 3.8) is 0 Å². The average Bonchev–Trinajstić information content (AvgIpc) is 2.87. The molecule has 0 saturated heterocycles. The van der Waals surface area contributed by atoms with E-state index in [0.29, 0.717) is 30.2 Å². The lowest BCUT2D eigenvalue weighted by Gasteiger charge is -2.03. The monoisotopic (exact) mass is 295 g/mol. The molecule has 2 rings (SSSR count). The minimum atomic E-state index is -0.362. The molecular formula is C15H15ClFNO2. The molecule has 20 heavy (non-hydrogen) atoms. The fourth-order valence-electron chi connectivity index (χ4n) is 1.91. The summed E-state index contributed by atoms with van der Waals surface area (Å²) in [6, 6.07) is 6.13. The normalized spacial score (nSPS) is 10.6. The van der Waals surface area contributed by atoms with Crippen molar-refractivity contribution in [2.24, 2.45) is 0 Å². The molecule has 0 aliphatic heterocycles. The molecule has 0 amide bonds. The van der Waals surface area contributed by atoms with Gasteiger partial charge < -0.3 is 9.72 Å². The van der Waals surface area contributed by atoms with Crippen LogP contribution in [0.3, 0.4) is 0 Å². The largest absolute Gasteiger partial charge is 0.461 e. The van der Waals surface area contributed by atoms with E-state index in [2.05, 4.69) is 4.98 Å². The van der Waals surface area contributed by atoms with Crippen LogP contribution in [0, 0.1) is 5.82 Å². The molecule has 0 fully saturated rings. The first-order valence-corrected chi connectivity index (χ1v) is 6.76. The zero-order chi connectivity index (χ0) is 14.5. The molecule has 0 unspecified atom stereocenters. The summed E-state index contributed by atoms with van der Waals surface area (Å²) in [4.78, 5) is 14.4. The van der Waals surface area contributed by atoms with Crippen LogP contribution in [0.1, 0.15) is 28.5 Å². The van der Waals surface area contributed by atoms with Crippen LogP contribution < -0.4 is 0 Å². The Morgan fingerprint density at radius 3 is 2.85 bits per heavy atom. The summed E-state index contributed by atoms with van der Waals surface area (Å²) in [5.74, 6) is -0.705. The Hall–Kier alpha value is -1.81. The summed E-state index contributed by atoms with van der Waals surface area (Å²) in [7, 11) is 0. The topological polar surface area (TPSA) is 42.1 Å². The van der Waals surface area contributed by atoms with Gasteiger partial charge in [0.1, 0.15) is 11.5 Å². The van der Waals surface area contributed by atoms with Crippen molar-refractivity contribution < 1.29 is 13.9 Å².